The predicted molar refractivity (Wildman–Crippen MR) is 222 cm³/mol. The molecule has 0 saturated carbocycles. The summed E-state index contributed by atoms with van der Waals surface area (Å²) in [6.45, 7) is 25.5. The molecule has 14 nitrogen and oxygen atoms in total. The van der Waals surface area contributed by atoms with E-state index in [1.54, 1.807) is 0 Å². The normalized spacial score (nSPS) is 12.3. The van der Waals surface area contributed by atoms with E-state index in [-0.39, 0.29) is 115 Å². The van der Waals surface area contributed by atoms with Crippen molar-refractivity contribution < 1.29 is 33.6 Å². The van der Waals surface area contributed by atoms with Gasteiger partial charge in [-0.05, 0) is 53.8 Å². The van der Waals surface area contributed by atoms with Gasteiger partial charge in [0.15, 0.2) is 0 Å². The van der Waals surface area contributed by atoms with Gasteiger partial charge < -0.3 is 37.2 Å². The molecule has 0 heterocycles. The Morgan fingerprint density at radius 2 is 0.571 bits per heavy atom. The van der Waals surface area contributed by atoms with Gasteiger partial charge in [0.05, 0.1) is 0 Å². The summed E-state index contributed by atoms with van der Waals surface area (Å²) in [6.07, 6.45) is 3.74. The number of nitrogens with one attached hydrogen (secondary N) is 7. The van der Waals surface area contributed by atoms with Gasteiger partial charge in [-0.3, -0.25) is 33.6 Å². The Balaban J connectivity index is 5.64. The third-order valence-corrected chi connectivity index (χ3v) is 8.43. The molecule has 0 radical (unpaired) electrons. The van der Waals surface area contributed by atoms with Crippen LogP contribution in [0.1, 0.15) is 160 Å². The van der Waals surface area contributed by atoms with E-state index in [2.05, 4.69) is 37.2 Å². The lowest BCUT2D eigenvalue weighted by Gasteiger charge is -2.36. The first-order valence-corrected chi connectivity index (χ1v) is 20.5. The first kappa shape index (κ1) is 52.3. The van der Waals surface area contributed by atoms with Gasteiger partial charge in [0, 0.05) is 89.8 Å². The highest BCUT2D eigenvalue weighted by molar-refractivity contribution is 5.80. The smallest absolute Gasteiger partial charge is 0.220 e. The standard InChI is InChI=1S/C42H79N7O7/c1-38(2,3)27-34(53)46-24-21-43-31(50)15-13-18-42(49-37(56)30-41(10,11)12,20-17-33(52)45-23-26-48-36(55)29-40(7,8)9)19-14-16-32(51)44-22-25-47-35(54)28-39(4,5)6/h13-30H2,1-12H3,(H,43,50)(H,44,51)(H,45,52)(H,46,53)(H,47,54)(H,48,55)(H,49,56). The molecule has 0 aliphatic rings. The summed E-state index contributed by atoms with van der Waals surface area (Å²) in [4.78, 5) is 88.6. The van der Waals surface area contributed by atoms with Crippen molar-refractivity contribution in [3.05, 3.63) is 0 Å². The molecule has 7 amide bonds. The van der Waals surface area contributed by atoms with E-state index in [0.717, 1.165) is 0 Å². The van der Waals surface area contributed by atoms with Crippen LogP contribution in [0.25, 0.3) is 0 Å². The van der Waals surface area contributed by atoms with Crippen LogP contribution in [0.5, 0.6) is 0 Å². The second kappa shape index (κ2) is 24.8. The zero-order valence-corrected chi connectivity index (χ0v) is 37.1. The SMILES string of the molecule is CC(C)(C)CC(=O)NCCNC(=O)CCCC(CCCC(=O)NCCNC(=O)CC(C)(C)C)(CCC(=O)NCCNC(=O)CC(C)(C)C)NC(=O)CC(C)(C)C. The van der Waals surface area contributed by atoms with Crippen LogP contribution >= 0.6 is 0 Å². The highest BCUT2D eigenvalue weighted by Crippen LogP contribution is 2.29. The average Bonchev–Trinajstić information content (AvgIpc) is 2.99. The molecule has 14 heteroatoms. The molecule has 0 bridgehead atoms. The van der Waals surface area contributed by atoms with Crippen molar-refractivity contribution in [2.75, 3.05) is 39.3 Å². The van der Waals surface area contributed by atoms with Gasteiger partial charge in [-0.15, -0.1) is 0 Å². The van der Waals surface area contributed by atoms with Crippen molar-refractivity contribution in [2.24, 2.45) is 21.7 Å². The van der Waals surface area contributed by atoms with Crippen molar-refractivity contribution in [1.82, 2.24) is 37.2 Å². The minimum Gasteiger partial charge on any atom is -0.354 e. The number of hydrogen-bond donors (Lipinski definition) is 7. The number of rotatable bonds is 25. The van der Waals surface area contributed by atoms with Crippen LogP contribution in [0, 0.1) is 21.7 Å². The van der Waals surface area contributed by atoms with E-state index in [0.29, 0.717) is 64.6 Å². The maximum absolute atomic E-state index is 13.4. The lowest BCUT2D eigenvalue weighted by Crippen LogP contribution is -2.50. The van der Waals surface area contributed by atoms with Gasteiger partial charge in [0.25, 0.3) is 0 Å². The van der Waals surface area contributed by atoms with Crippen LogP contribution in [0.4, 0.5) is 0 Å². The van der Waals surface area contributed by atoms with Crippen molar-refractivity contribution in [2.45, 2.75) is 166 Å². The molecule has 0 rings (SSSR count). The molecule has 0 atom stereocenters. The summed E-state index contributed by atoms with van der Waals surface area (Å²) >= 11 is 0. The number of carbonyl (C=O) groups excluding carboxylic acids is 7. The third-order valence-electron chi connectivity index (χ3n) is 8.43. The summed E-state index contributed by atoms with van der Waals surface area (Å²) in [7, 11) is 0. The Morgan fingerprint density at radius 1 is 0.321 bits per heavy atom. The number of amides is 7. The van der Waals surface area contributed by atoms with Gasteiger partial charge in [-0.25, -0.2) is 0 Å². The number of hydrogen-bond acceptors (Lipinski definition) is 7. The third kappa shape index (κ3) is 31.5. The Hall–Kier alpha value is -3.71. The Bertz CT molecular complexity index is 1220. The van der Waals surface area contributed by atoms with Crippen LogP contribution in [0.3, 0.4) is 0 Å². The molecular formula is C42H79N7O7. The molecule has 7 N–H and O–H groups in total. The van der Waals surface area contributed by atoms with Crippen LogP contribution in [-0.4, -0.2) is 86.2 Å². The van der Waals surface area contributed by atoms with Crippen LogP contribution < -0.4 is 37.2 Å². The zero-order valence-electron chi connectivity index (χ0n) is 37.1. The average molecular weight is 794 g/mol. The van der Waals surface area contributed by atoms with E-state index >= 15 is 0 Å². The molecule has 0 spiro atoms. The van der Waals surface area contributed by atoms with E-state index in [9.17, 15) is 33.6 Å². The predicted octanol–water partition coefficient (Wildman–Crippen LogP) is 4.40. The van der Waals surface area contributed by atoms with E-state index < -0.39 is 5.54 Å². The van der Waals surface area contributed by atoms with Crippen LogP contribution in [0.15, 0.2) is 0 Å². The minimum absolute atomic E-state index is 0.0756. The molecule has 0 aromatic heterocycles. The van der Waals surface area contributed by atoms with Crippen molar-refractivity contribution in [3.8, 4) is 0 Å². The summed E-state index contributed by atoms with van der Waals surface area (Å²) in [6, 6.07) is 0. The maximum atomic E-state index is 13.4. The van der Waals surface area contributed by atoms with Gasteiger partial charge in [-0.2, -0.15) is 0 Å². The summed E-state index contributed by atoms with van der Waals surface area (Å²) in [5, 5.41) is 20.3. The van der Waals surface area contributed by atoms with E-state index in [1.165, 1.54) is 0 Å². The lowest BCUT2D eigenvalue weighted by molar-refractivity contribution is -0.127. The first-order chi connectivity index (χ1) is 25.6. The van der Waals surface area contributed by atoms with E-state index in [1.807, 2.05) is 83.1 Å². The lowest BCUT2D eigenvalue weighted by atomic mass is 9.81. The van der Waals surface area contributed by atoms with Gasteiger partial charge in [0.2, 0.25) is 41.4 Å². The summed E-state index contributed by atoms with van der Waals surface area (Å²) < 4.78 is 0. The van der Waals surface area contributed by atoms with Crippen LogP contribution in [0.2, 0.25) is 0 Å². The van der Waals surface area contributed by atoms with E-state index in [4.69, 9.17) is 0 Å². The molecule has 0 saturated heterocycles. The number of carbonyl (C=O) groups is 7. The fraction of sp³-hybridized carbons (Fsp3) is 0.833. The molecule has 0 aromatic carbocycles. The zero-order chi connectivity index (χ0) is 43.2. The topological polar surface area (TPSA) is 204 Å². The van der Waals surface area contributed by atoms with Crippen molar-refractivity contribution in [1.29, 1.82) is 0 Å². The Labute approximate surface area is 338 Å². The largest absolute Gasteiger partial charge is 0.354 e. The molecule has 324 valence electrons. The quantitative estimate of drug-likeness (QED) is 0.0664. The second-order valence-electron chi connectivity index (χ2n) is 20.1. The Morgan fingerprint density at radius 3 is 0.857 bits per heavy atom. The monoisotopic (exact) mass is 794 g/mol. The molecule has 0 unspecified atom stereocenters. The fourth-order valence-corrected chi connectivity index (χ4v) is 6.02. The molecule has 0 aliphatic carbocycles. The van der Waals surface area contributed by atoms with Gasteiger partial charge in [0.1, 0.15) is 0 Å². The van der Waals surface area contributed by atoms with Crippen molar-refractivity contribution >= 4 is 41.4 Å². The molecular weight excluding hydrogens is 715 g/mol. The van der Waals surface area contributed by atoms with Gasteiger partial charge >= 0.3 is 0 Å². The van der Waals surface area contributed by atoms with Crippen LogP contribution in [-0.2, 0) is 33.6 Å². The van der Waals surface area contributed by atoms with Gasteiger partial charge in [-0.1, -0.05) is 83.1 Å². The summed E-state index contributed by atoms with van der Waals surface area (Å²) in [5.41, 5.74) is -1.59. The second-order valence-corrected chi connectivity index (χ2v) is 20.1. The van der Waals surface area contributed by atoms with Crippen molar-refractivity contribution in [3.63, 3.8) is 0 Å². The Kier molecular flexibility index (Phi) is 23.2. The fourth-order valence-electron chi connectivity index (χ4n) is 6.02. The molecule has 56 heavy (non-hydrogen) atoms. The summed E-state index contributed by atoms with van der Waals surface area (Å²) in [5.74, 6) is -1.03. The molecule has 0 aromatic rings. The minimum atomic E-state index is -0.872. The highest BCUT2D eigenvalue weighted by atomic mass is 16.2. The molecule has 0 aliphatic heterocycles. The maximum Gasteiger partial charge on any atom is 0.220 e. The molecule has 0 fully saturated rings. The highest BCUT2D eigenvalue weighted by Gasteiger charge is 2.33. The first-order valence-electron chi connectivity index (χ1n) is 20.5.